The molecule has 0 bridgehead atoms. The third-order valence-corrected chi connectivity index (χ3v) is 3.46. The third-order valence-electron chi connectivity index (χ3n) is 3.46. The maximum atomic E-state index is 9.64. The number of benzene rings is 1. The number of hydrogen-bond acceptors (Lipinski definition) is 4. The molecule has 4 heteroatoms. The molecule has 0 radical (unpaired) electrons. The van der Waals surface area contributed by atoms with E-state index < -0.39 is 12.4 Å². The van der Waals surface area contributed by atoms with Crippen LogP contribution in [0.15, 0.2) is 30.3 Å². The quantitative estimate of drug-likeness (QED) is 0.848. The molecule has 0 amide bonds. The van der Waals surface area contributed by atoms with Crippen LogP contribution in [0.2, 0.25) is 0 Å². The smallest absolute Gasteiger partial charge is 0.181 e. The average Bonchev–Trinajstić information content (AvgIpc) is 2.65. The first-order valence-corrected chi connectivity index (χ1v) is 6.26. The Morgan fingerprint density at radius 1 is 1.28 bits per heavy atom. The van der Waals surface area contributed by atoms with E-state index in [4.69, 9.17) is 9.47 Å². The lowest BCUT2D eigenvalue weighted by Crippen LogP contribution is -2.32. The van der Waals surface area contributed by atoms with E-state index in [1.807, 2.05) is 44.2 Å². The Bertz CT molecular complexity index is 367. The van der Waals surface area contributed by atoms with Crippen molar-refractivity contribution in [3.05, 3.63) is 35.9 Å². The molecule has 100 valence electrons. The Kier molecular flexibility index (Phi) is 4.35. The summed E-state index contributed by atoms with van der Waals surface area (Å²) in [7, 11) is 0. The third kappa shape index (κ3) is 2.90. The van der Waals surface area contributed by atoms with Gasteiger partial charge in [-0.05, 0) is 12.5 Å². The molecule has 0 aliphatic carbocycles. The zero-order valence-electron chi connectivity index (χ0n) is 10.7. The molecule has 0 unspecified atom stereocenters. The predicted octanol–water partition coefficient (Wildman–Crippen LogP) is 1.31. The molecule has 4 nitrogen and oxygen atoms in total. The van der Waals surface area contributed by atoms with Gasteiger partial charge in [-0.15, -0.1) is 0 Å². The van der Waals surface area contributed by atoms with Crippen LogP contribution in [0.3, 0.4) is 0 Å². The summed E-state index contributed by atoms with van der Waals surface area (Å²) in [4.78, 5) is 0. The Morgan fingerprint density at radius 2 is 1.94 bits per heavy atom. The van der Waals surface area contributed by atoms with Gasteiger partial charge in [-0.25, -0.2) is 0 Å². The Labute approximate surface area is 107 Å². The van der Waals surface area contributed by atoms with Gasteiger partial charge in [-0.1, -0.05) is 37.3 Å². The van der Waals surface area contributed by atoms with Crippen LogP contribution in [0.1, 0.15) is 19.4 Å². The van der Waals surface area contributed by atoms with Crippen LogP contribution in [-0.2, 0) is 16.1 Å². The van der Waals surface area contributed by atoms with Gasteiger partial charge in [-0.3, -0.25) is 0 Å². The van der Waals surface area contributed by atoms with Gasteiger partial charge >= 0.3 is 0 Å². The average molecular weight is 252 g/mol. The second-order valence-corrected chi connectivity index (χ2v) is 4.84. The van der Waals surface area contributed by atoms with Crippen molar-refractivity contribution in [2.75, 3.05) is 0 Å². The minimum atomic E-state index is -1.10. The molecule has 1 aromatic carbocycles. The minimum absolute atomic E-state index is 0.134. The molecule has 2 rings (SSSR count). The van der Waals surface area contributed by atoms with Crippen LogP contribution in [0.4, 0.5) is 0 Å². The molecular weight excluding hydrogens is 232 g/mol. The summed E-state index contributed by atoms with van der Waals surface area (Å²) in [5, 5.41) is 19.1. The molecule has 1 heterocycles. The van der Waals surface area contributed by atoms with Crippen LogP contribution < -0.4 is 0 Å². The maximum Gasteiger partial charge on any atom is 0.181 e. The van der Waals surface area contributed by atoms with Crippen LogP contribution in [-0.4, -0.2) is 34.8 Å². The van der Waals surface area contributed by atoms with E-state index in [0.29, 0.717) is 6.61 Å². The lowest BCUT2D eigenvalue weighted by molar-refractivity contribution is -0.152. The fourth-order valence-electron chi connectivity index (χ4n) is 2.25. The monoisotopic (exact) mass is 252 g/mol. The van der Waals surface area contributed by atoms with Gasteiger partial charge in [0.25, 0.3) is 0 Å². The van der Waals surface area contributed by atoms with E-state index in [1.165, 1.54) is 0 Å². The summed E-state index contributed by atoms with van der Waals surface area (Å²) < 4.78 is 11.0. The van der Waals surface area contributed by atoms with Crippen molar-refractivity contribution in [2.24, 2.45) is 5.92 Å². The lowest BCUT2D eigenvalue weighted by atomic mass is 9.97. The van der Waals surface area contributed by atoms with E-state index in [1.54, 1.807) is 0 Å². The zero-order chi connectivity index (χ0) is 13.1. The standard InChI is InChI=1S/C14H20O4/c1-9-12(15)14(16)18-13(9)10(2)17-8-11-6-4-3-5-7-11/h3-7,9-10,12-16H,8H2,1-2H3/t9-,10+,12+,13-,14-/m1/s1. The molecule has 1 saturated heterocycles. The molecule has 2 N–H and O–H groups in total. The molecule has 1 aromatic rings. The van der Waals surface area contributed by atoms with Gasteiger partial charge in [0.1, 0.15) is 6.10 Å². The molecule has 1 aliphatic heterocycles. The highest BCUT2D eigenvalue weighted by Gasteiger charge is 2.42. The lowest BCUT2D eigenvalue weighted by Gasteiger charge is -2.23. The van der Waals surface area contributed by atoms with E-state index in [0.717, 1.165) is 5.56 Å². The fraction of sp³-hybridized carbons (Fsp3) is 0.571. The van der Waals surface area contributed by atoms with Gasteiger partial charge in [0.2, 0.25) is 0 Å². The van der Waals surface area contributed by atoms with E-state index in [9.17, 15) is 10.2 Å². The highest BCUT2D eigenvalue weighted by atomic mass is 16.6. The van der Waals surface area contributed by atoms with E-state index in [2.05, 4.69) is 0 Å². The number of hydrogen-bond donors (Lipinski definition) is 2. The number of rotatable bonds is 4. The van der Waals surface area contributed by atoms with E-state index in [-0.39, 0.29) is 18.1 Å². The minimum Gasteiger partial charge on any atom is -0.387 e. The second-order valence-electron chi connectivity index (χ2n) is 4.84. The summed E-state index contributed by atoms with van der Waals surface area (Å²) in [5.74, 6) is -0.134. The van der Waals surface area contributed by atoms with Gasteiger partial charge in [0.05, 0.1) is 18.8 Å². The van der Waals surface area contributed by atoms with Crippen molar-refractivity contribution < 1.29 is 19.7 Å². The topological polar surface area (TPSA) is 58.9 Å². The number of aliphatic hydroxyl groups is 2. The Balaban J connectivity index is 1.87. The normalized spacial score (nSPS) is 33.6. The summed E-state index contributed by atoms with van der Waals surface area (Å²) in [6.07, 6.45) is -2.39. The molecule has 0 spiro atoms. The van der Waals surface area contributed by atoms with Crippen molar-refractivity contribution in [2.45, 2.75) is 45.1 Å². The Morgan fingerprint density at radius 3 is 2.50 bits per heavy atom. The summed E-state index contributed by atoms with van der Waals surface area (Å²) in [5.41, 5.74) is 1.09. The molecule has 1 fully saturated rings. The van der Waals surface area contributed by atoms with E-state index >= 15 is 0 Å². The second kappa shape index (κ2) is 5.80. The molecular formula is C14H20O4. The highest BCUT2D eigenvalue weighted by molar-refractivity contribution is 5.13. The predicted molar refractivity (Wildman–Crippen MR) is 66.7 cm³/mol. The van der Waals surface area contributed by atoms with Crippen molar-refractivity contribution in [1.82, 2.24) is 0 Å². The molecule has 18 heavy (non-hydrogen) atoms. The largest absolute Gasteiger partial charge is 0.387 e. The maximum absolute atomic E-state index is 9.64. The molecule has 0 aromatic heterocycles. The van der Waals surface area contributed by atoms with Gasteiger partial charge < -0.3 is 19.7 Å². The zero-order valence-corrected chi connectivity index (χ0v) is 10.7. The summed E-state index contributed by atoms with van der Waals surface area (Å²) in [6.45, 7) is 4.25. The SMILES string of the molecule is C[C@@H]1[C@H](O)[C@H](O)O[C@H]1[C@H](C)OCc1ccccc1. The first-order valence-electron chi connectivity index (χ1n) is 6.26. The highest BCUT2D eigenvalue weighted by Crippen LogP contribution is 2.29. The first-order chi connectivity index (χ1) is 8.59. The van der Waals surface area contributed by atoms with Crippen LogP contribution >= 0.6 is 0 Å². The van der Waals surface area contributed by atoms with Gasteiger partial charge in [-0.2, -0.15) is 0 Å². The summed E-state index contributed by atoms with van der Waals surface area (Å²) >= 11 is 0. The Hall–Kier alpha value is -0.940. The number of ether oxygens (including phenoxy) is 2. The van der Waals surface area contributed by atoms with Crippen molar-refractivity contribution >= 4 is 0 Å². The molecule has 5 atom stereocenters. The van der Waals surface area contributed by atoms with Gasteiger partial charge in [0, 0.05) is 5.92 Å². The fourth-order valence-corrected chi connectivity index (χ4v) is 2.25. The molecule has 0 saturated carbocycles. The first kappa shape index (κ1) is 13.5. The molecule has 1 aliphatic rings. The van der Waals surface area contributed by atoms with Crippen LogP contribution in [0, 0.1) is 5.92 Å². The van der Waals surface area contributed by atoms with Crippen molar-refractivity contribution in [3.8, 4) is 0 Å². The van der Waals surface area contributed by atoms with Crippen molar-refractivity contribution in [3.63, 3.8) is 0 Å². The van der Waals surface area contributed by atoms with Gasteiger partial charge in [0.15, 0.2) is 6.29 Å². The van der Waals surface area contributed by atoms with Crippen molar-refractivity contribution in [1.29, 1.82) is 0 Å². The number of aliphatic hydroxyl groups excluding tert-OH is 2. The summed E-state index contributed by atoms with van der Waals surface area (Å²) in [6, 6.07) is 9.88. The van der Waals surface area contributed by atoms with Crippen LogP contribution in [0.5, 0.6) is 0 Å². The van der Waals surface area contributed by atoms with Crippen LogP contribution in [0.25, 0.3) is 0 Å².